The highest BCUT2D eigenvalue weighted by atomic mass is 16.5. The van der Waals surface area contributed by atoms with Gasteiger partial charge >= 0.3 is 0 Å². The number of imidazole rings is 1. The van der Waals surface area contributed by atoms with E-state index >= 15 is 0 Å². The molecule has 5 nitrogen and oxygen atoms in total. The smallest absolute Gasteiger partial charge is 0.269 e. The average Bonchev–Trinajstić information content (AvgIpc) is 3.89. The molecule has 0 saturated carbocycles. The average molecular weight is 721 g/mol. The molecule has 0 spiro atoms. The number of para-hydroxylation sites is 3. The Morgan fingerprint density at radius 3 is 2.15 bits per heavy atom. The molecule has 0 saturated heterocycles. The predicted octanol–water partition coefficient (Wildman–Crippen LogP) is 11.9. The van der Waals surface area contributed by atoms with Crippen molar-refractivity contribution in [2.24, 2.45) is 0 Å². The maximum absolute atomic E-state index is 9.32. The van der Waals surface area contributed by atoms with Crippen molar-refractivity contribution >= 4 is 32.8 Å². The van der Waals surface area contributed by atoms with Gasteiger partial charge in [0, 0.05) is 31.3 Å². The minimum absolute atomic E-state index is 0.0417. The van der Waals surface area contributed by atoms with Crippen LogP contribution in [0.5, 0.6) is 11.5 Å². The third-order valence-corrected chi connectivity index (χ3v) is 10.1. The van der Waals surface area contributed by atoms with Gasteiger partial charge in [-0.2, -0.15) is 0 Å². The minimum Gasteiger partial charge on any atom is -0.458 e. The van der Waals surface area contributed by atoms with Gasteiger partial charge in [0.1, 0.15) is 17.3 Å². The van der Waals surface area contributed by atoms with E-state index in [2.05, 4.69) is 11.3 Å². The third-order valence-electron chi connectivity index (χ3n) is 10.1. The van der Waals surface area contributed by atoms with Crippen molar-refractivity contribution in [1.29, 1.82) is 0 Å². The molecule has 0 atom stereocenters. The summed E-state index contributed by atoms with van der Waals surface area (Å²) in [6, 6.07) is 29.7. The van der Waals surface area contributed by atoms with Crippen LogP contribution in [-0.2, 0) is 0 Å². The number of rotatable bonds is 4. The standard InChI is InChI=1S/C50H34N4O/c1-32-27-28-51-50(33(32)2)54-46-23-10-8-20-42(46)43-26-25-36(30-48(43)54)55-35-14-11-13-34(29-35)52-31-53-45-22-9-7-19-41(45)39-17-5-3-15-37(39)38-16-4-6-18-40(38)44-21-12-24-47(52)49(44)53/h3-30H,1-2H3/i1D3,2D3,3D,4D,5D,6D,15D,16D,17D,18D. The summed E-state index contributed by atoms with van der Waals surface area (Å²) < 4.78 is 134. The number of ether oxygens (including phenoxy) is 1. The van der Waals surface area contributed by atoms with Crippen molar-refractivity contribution in [2.75, 3.05) is 0 Å². The van der Waals surface area contributed by atoms with Crippen LogP contribution in [0.3, 0.4) is 0 Å². The van der Waals surface area contributed by atoms with Crippen LogP contribution >= 0.6 is 0 Å². The van der Waals surface area contributed by atoms with E-state index in [1.807, 2.05) is 36.4 Å². The van der Waals surface area contributed by atoms with E-state index in [1.54, 1.807) is 86.5 Å². The van der Waals surface area contributed by atoms with Crippen LogP contribution in [0.1, 0.15) is 30.3 Å². The van der Waals surface area contributed by atoms with Gasteiger partial charge in [0.2, 0.25) is 0 Å². The summed E-state index contributed by atoms with van der Waals surface area (Å²) in [4.78, 5) is 4.49. The van der Waals surface area contributed by atoms with E-state index in [4.69, 9.17) is 18.4 Å². The number of aromatic nitrogens is 4. The molecular weight excluding hydrogens is 673 g/mol. The summed E-state index contributed by atoms with van der Waals surface area (Å²) in [5.41, 5.74) is 3.29. The Hall–Kier alpha value is -7.24. The Labute approximate surface area is 338 Å². The monoisotopic (exact) mass is 720 g/mol. The Balaban J connectivity index is 1.11. The van der Waals surface area contributed by atoms with Gasteiger partial charge in [-0.05, 0) is 107 Å². The lowest BCUT2D eigenvalue weighted by molar-refractivity contribution is -0.571. The topological polar surface area (TPSA) is 35.9 Å². The third kappa shape index (κ3) is 4.80. The van der Waals surface area contributed by atoms with Crippen LogP contribution in [0.15, 0.2) is 170 Å². The normalized spacial score (nSPS) is 15.9. The fourth-order valence-electron chi connectivity index (χ4n) is 7.69. The van der Waals surface area contributed by atoms with E-state index < -0.39 is 50.0 Å². The number of benzene rings is 7. The van der Waals surface area contributed by atoms with Crippen LogP contribution in [0.2, 0.25) is 0 Å². The molecule has 4 heterocycles. The number of aryl methyl sites for hydroxylation is 1. The van der Waals surface area contributed by atoms with Crippen molar-refractivity contribution in [1.82, 2.24) is 14.1 Å². The molecule has 0 aliphatic carbocycles. The van der Waals surface area contributed by atoms with E-state index in [0.29, 0.717) is 56.1 Å². The highest BCUT2D eigenvalue weighted by Crippen LogP contribution is 2.43. The molecule has 1 aliphatic heterocycles. The van der Waals surface area contributed by atoms with Crippen molar-refractivity contribution in [3.63, 3.8) is 0 Å². The van der Waals surface area contributed by atoms with Gasteiger partial charge in [-0.25, -0.2) is 4.98 Å². The van der Waals surface area contributed by atoms with Gasteiger partial charge in [-0.1, -0.05) is 109 Å². The number of pyridine rings is 1. The summed E-state index contributed by atoms with van der Waals surface area (Å²) in [6.45, 7) is -5.56. The van der Waals surface area contributed by atoms with Crippen LogP contribution < -0.4 is 9.30 Å². The number of hydrogen-bond donors (Lipinski definition) is 0. The number of hydrogen-bond acceptors (Lipinski definition) is 2. The van der Waals surface area contributed by atoms with E-state index in [-0.39, 0.29) is 51.3 Å². The van der Waals surface area contributed by atoms with Gasteiger partial charge in [0.05, 0.1) is 44.4 Å². The molecule has 7 aromatic carbocycles. The Morgan fingerprint density at radius 2 is 1.31 bits per heavy atom. The predicted molar refractivity (Wildman–Crippen MR) is 222 cm³/mol. The first-order valence-corrected chi connectivity index (χ1v) is 17.5. The molecule has 0 unspecified atom stereocenters. The summed E-state index contributed by atoms with van der Waals surface area (Å²) >= 11 is 0. The van der Waals surface area contributed by atoms with Gasteiger partial charge in [-0.15, -0.1) is 0 Å². The fourth-order valence-corrected chi connectivity index (χ4v) is 7.69. The molecule has 260 valence electrons. The molecule has 10 aromatic rings. The Bertz CT molecular complexity index is 3850. The van der Waals surface area contributed by atoms with Gasteiger partial charge in [-0.3, -0.25) is 13.7 Å². The first kappa shape index (κ1) is 20.3. The molecule has 0 radical (unpaired) electrons. The lowest BCUT2D eigenvalue weighted by Crippen LogP contribution is -2.30. The van der Waals surface area contributed by atoms with Gasteiger partial charge in [0.15, 0.2) is 0 Å². The molecule has 0 N–H and O–H groups in total. The van der Waals surface area contributed by atoms with E-state index in [1.165, 1.54) is 12.3 Å². The SMILES string of the molecule is [2H]c1c([2H])c([2H])c2c(c1[2H])-c1ccccc1-[n+]1[c-]n(-c3cccc(Oc4ccc5c6ccccc6n(-c6nccc(C([2H])([2H])[2H])c6C([2H])([2H])[2H])c5c4)c3)c3cccc(c31)-c1c([2H])c([2H])c([2H])c([2H])c1-2. The van der Waals surface area contributed by atoms with Crippen molar-refractivity contribution < 1.29 is 28.5 Å². The quantitative estimate of drug-likeness (QED) is 0.134. The van der Waals surface area contributed by atoms with Crippen molar-refractivity contribution in [2.45, 2.75) is 13.7 Å². The van der Waals surface area contributed by atoms with Crippen LogP contribution in [-0.4, -0.2) is 14.1 Å². The van der Waals surface area contributed by atoms with Crippen molar-refractivity contribution in [3.05, 3.63) is 187 Å². The lowest BCUT2D eigenvalue weighted by Gasteiger charge is -2.15. The first-order valence-electron chi connectivity index (χ1n) is 24.5. The molecule has 1 aliphatic rings. The molecule has 0 bridgehead atoms. The number of fused-ring (bicyclic) bond motifs is 10. The van der Waals surface area contributed by atoms with E-state index in [0.717, 1.165) is 10.8 Å². The highest BCUT2D eigenvalue weighted by molar-refractivity contribution is 6.09. The molecule has 5 heteroatoms. The molecular formula is C50H34N4O. The second-order valence-electron chi connectivity index (χ2n) is 13.1. The fraction of sp³-hybridized carbons (Fsp3) is 0.0400. The maximum Gasteiger partial charge on any atom is 0.269 e. The summed E-state index contributed by atoms with van der Waals surface area (Å²) in [5.74, 6) is 0.721. The Kier molecular flexibility index (Phi) is 4.48. The van der Waals surface area contributed by atoms with E-state index in [9.17, 15) is 5.48 Å². The second-order valence-corrected chi connectivity index (χ2v) is 13.1. The summed E-state index contributed by atoms with van der Waals surface area (Å²) in [6.07, 6.45) is 4.77. The molecule has 11 rings (SSSR count). The first-order chi connectivity index (χ1) is 32.9. The zero-order valence-electron chi connectivity index (χ0n) is 42.7. The lowest BCUT2D eigenvalue weighted by atomic mass is 9.89. The van der Waals surface area contributed by atoms with Gasteiger partial charge < -0.3 is 4.74 Å². The molecule has 0 fully saturated rings. The van der Waals surface area contributed by atoms with Crippen molar-refractivity contribution in [3.8, 4) is 62.1 Å². The largest absolute Gasteiger partial charge is 0.458 e. The minimum atomic E-state index is -2.83. The highest BCUT2D eigenvalue weighted by Gasteiger charge is 2.24. The maximum atomic E-state index is 9.32. The van der Waals surface area contributed by atoms with Crippen LogP contribution in [0, 0.1) is 20.0 Å². The molecule has 55 heavy (non-hydrogen) atoms. The zero-order valence-corrected chi connectivity index (χ0v) is 28.7. The second kappa shape index (κ2) is 12.2. The summed E-state index contributed by atoms with van der Waals surface area (Å²) in [7, 11) is 0. The summed E-state index contributed by atoms with van der Waals surface area (Å²) in [5, 5.41) is 1.53. The molecule has 3 aromatic heterocycles. The zero-order chi connectivity index (χ0) is 48.6. The van der Waals surface area contributed by atoms with Crippen LogP contribution in [0.4, 0.5) is 0 Å². The van der Waals surface area contributed by atoms with Gasteiger partial charge in [0.25, 0.3) is 6.33 Å². The Morgan fingerprint density at radius 1 is 0.618 bits per heavy atom. The number of nitrogens with zero attached hydrogens (tertiary/aromatic N) is 4. The molecule has 0 amide bonds. The van der Waals surface area contributed by atoms with Crippen LogP contribution in [0.25, 0.3) is 83.4 Å².